The molecular weight excluding hydrogens is 375 g/mol. The van der Waals surface area contributed by atoms with Crippen LogP contribution in [0.4, 0.5) is 30.2 Å². The average Bonchev–Trinajstić information content (AvgIpc) is 3.25. The highest BCUT2D eigenvalue weighted by Gasteiger charge is 2.47. The highest BCUT2D eigenvalue weighted by molar-refractivity contribution is 5.91. The van der Waals surface area contributed by atoms with Crippen molar-refractivity contribution in [1.29, 1.82) is 0 Å². The fourth-order valence-electron chi connectivity index (χ4n) is 4.65. The van der Waals surface area contributed by atoms with Crippen LogP contribution < -0.4 is 15.1 Å². The summed E-state index contributed by atoms with van der Waals surface area (Å²) < 4.78 is 52.2. The molecule has 1 spiro atoms. The van der Waals surface area contributed by atoms with Gasteiger partial charge in [-0.1, -0.05) is 6.07 Å². The van der Waals surface area contributed by atoms with Gasteiger partial charge in [0, 0.05) is 32.5 Å². The van der Waals surface area contributed by atoms with Gasteiger partial charge in [-0.2, -0.15) is 13.2 Å². The topological polar surface area (TPSA) is 57.2 Å². The Morgan fingerprint density at radius 3 is 2.43 bits per heavy atom. The first-order chi connectivity index (χ1) is 13.4. The van der Waals surface area contributed by atoms with Crippen molar-refractivity contribution < 1.29 is 27.8 Å². The molecule has 0 bridgehead atoms. The van der Waals surface area contributed by atoms with Gasteiger partial charge in [-0.25, -0.2) is 0 Å². The van der Waals surface area contributed by atoms with Crippen molar-refractivity contribution in [3.63, 3.8) is 0 Å². The number of fused-ring (bicyclic) bond motifs is 3. The number of benzene rings is 1. The molecule has 1 aromatic rings. The molecule has 0 saturated carbocycles. The zero-order valence-electron chi connectivity index (χ0n) is 15.3. The predicted octanol–water partition coefficient (Wildman–Crippen LogP) is 2.80. The summed E-state index contributed by atoms with van der Waals surface area (Å²) in [4.78, 5) is 3.79. The maximum absolute atomic E-state index is 13.6. The van der Waals surface area contributed by atoms with Crippen LogP contribution >= 0.6 is 0 Å². The van der Waals surface area contributed by atoms with E-state index in [-0.39, 0.29) is 12.2 Å². The molecular formula is C19H22F3N3O3. The molecule has 4 aliphatic rings. The number of aliphatic hydroxyl groups is 1. The number of nitrogens with zero attached hydrogens (tertiary/aromatic N) is 2. The first kappa shape index (κ1) is 18.1. The molecule has 0 amide bonds. The Balaban J connectivity index is 1.47. The van der Waals surface area contributed by atoms with E-state index in [1.165, 1.54) is 0 Å². The summed E-state index contributed by atoms with van der Waals surface area (Å²) in [5, 5.41) is 13.0. The highest BCUT2D eigenvalue weighted by Crippen LogP contribution is 2.49. The monoisotopic (exact) mass is 397 g/mol. The van der Waals surface area contributed by atoms with E-state index >= 15 is 0 Å². The molecule has 6 nitrogen and oxygen atoms in total. The van der Waals surface area contributed by atoms with Crippen LogP contribution in [0.1, 0.15) is 19.3 Å². The number of rotatable bonds is 1. The molecule has 1 unspecified atom stereocenters. The number of hydrogen-bond donors (Lipinski definition) is 2. The first-order valence-electron chi connectivity index (χ1n) is 9.58. The quantitative estimate of drug-likeness (QED) is 0.760. The highest BCUT2D eigenvalue weighted by atomic mass is 19.4. The number of aliphatic hydroxyl groups excluding tert-OH is 1. The molecule has 0 radical (unpaired) electrons. The summed E-state index contributed by atoms with van der Waals surface area (Å²) in [6.45, 7) is 2.95. The Labute approximate surface area is 160 Å². The second kappa shape index (κ2) is 6.27. The number of nitrogens with one attached hydrogen (secondary N) is 1. The van der Waals surface area contributed by atoms with Crippen LogP contribution in [-0.2, 0) is 9.47 Å². The minimum absolute atomic E-state index is 0.0462. The lowest BCUT2D eigenvalue weighted by Gasteiger charge is -2.39. The van der Waals surface area contributed by atoms with Gasteiger partial charge in [0.05, 0.1) is 36.4 Å². The SMILES string of the molecule is OC1CCN2C(=C1C(F)(F)F)Nc1c(N3CCC4(CC3)OCCO4)cccc12. The van der Waals surface area contributed by atoms with Gasteiger partial charge in [0.25, 0.3) is 0 Å². The van der Waals surface area contributed by atoms with E-state index in [0.29, 0.717) is 38.5 Å². The van der Waals surface area contributed by atoms with E-state index in [1.54, 1.807) is 4.90 Å². The van der Waals surface area contributed by atoms with E-state index < -0.39 is 23.6 Å². The van der Waals surface area contributed by atoms with Gasteiger partial charge >= 0.3 is 6.18 Å². The molecule has 1 atom stereocenters. The second-order valence-corrected chi connectivity index (χ2v) is 7.61. The summed E-state index contributed by atoms with van der Waals surface area (Å²) in [5.41, 5.74) is 1.35. The zero-order chi connectivity index (χ0) is 19.5. The lowest BCUT2D eigenvalue weighted by molar-refractivity contribution is -0.169. The van der Waals surface area contributed by atoms with Gasteiger partial charge in [0.15, 0.2) is 5.79 Å². The van der Waals surface area contributed by atoms with Crippen LogP contribution in [0.2, 0.25) is 0 Å². The van der Waals surface area contributed by atoms with E-state index in [2.05, 4.69) is 10.2 Å². The smallest absolute Gasteiger partial charge is 0.388 e. The van der Waals surface area contributed by atoms with Crippen molar-refractivity contribution in [2.24, 2.45) is 0 Å². The summed E-state index contributed by atoms with van der Waals surface area (Å²) in [5.74, 6) is -0.556. The molecule has 0 aliphatic carbocycles. The largest absolute Gasteiger partial charge is 0.418 e. The van der Waals surface area contributed by atoms with Crippen LogP contribution in [0, 0.1) is 0 Å². The fourth-order valence-corrected chi connectivity index (χ4v) is 4.65. The van der Waals surface area contributed by atoms with Crippen molar-refractivity contribution in [1.82, 2.24) is 0 Å². The molecule has 0 aromatic heterocycles. The van der Waals surface area contributed by atoms with Gasteiger partial charge in [0.1, 0.15) is 11.4 Å². The lowest BCUT2D eigenvalue weighted by Crippen LogP contribution is -2.45. The Morgan fingerprint density at radius 2 is 1.75 bits per heavy atom. The van der Waals surface area contributed by atoms with Crippen molar-refractivity contribution >= 4 is 17.1 Å². The van der Waals surface area contributed by atoms with Gasteiger partial charge in [0.2, 0.25) is 0 Å². The van der Waals surface area contributed by atoms with E-state index in [0.717, 1.165) is 24.2 Å². The van der Waals surface area contributed by atoms with E-state index in [1.807, 2.05) is 18.2 Å². The molecule has 2 fully saturated rings. The third-order valence-corrected chi connectivity index (χ3v) is 6.02. The Bertz CT molecular complexity index is 810. The van der Waals surface area contributed by atoms with Crippen molar-refractivity contribution in [3.8, 4) is 0 Å². The van der Waals surface area contributed by atoms with E-state index in [9.17, 15) is 18.3 Å². The molecule has 152 valence electrons. The third-order valence-electron chi connectivity index (χ3n) is 6.02. The minimum atomic E-state index is -4.59. The number of para-hydroxylation sites is 1. The van der Waals surface area contributed by atoms with Gasteiger partial charge in [-0.05, 0) is 18.6 Å². The Kier molecular flexibility index (Phi) is 4.05. The number of anilines is 3. The number of halogens is 3. The van der Waals surface area contributed by atoms with Crippen LogP contribution in [0.25, 0.3) is 0 Å². The third kappa shape index (κ3) is 2.75. The minimum Gasteiger partial charge on any atom is -0.388 e. The molecule has 1 aromatic carbocycles. The fraction of sp³-hybridized carbons (Fsp3) is 0.579. The molecule has 4 heterocycles. The van der Waals surface area contributed by atoms with E-state index in [4.69, 9.17) is 9.47 Å². The first-order valence-corrected chi connectivity index (χ1v) is 9.58. The summed E-state index contributed by atoms with van der Waals surface area (Å²) >= 11 is 0. The molecule has 28 heavy (non-hydrogen) atoms. The maximum atomic E-state index is 13.6. The molecule has 2 saturated heterocycles. The van der Waals surface area contributed by atoms with Crippen LogP contribution in [0.15, 0.2) is 29.6 Å². The normalized spacial score (nSPS) is 26.5. The molecule has 5 rings (SSSR count). The molecule has 2 N–H and O–H groups in total. The summed E-state index contributed by atoms with van der Waals surface area (Å²) in [6, 6.07) is 5.60. The standard InChI is InChI=1S/C19H22F3N3O3/c20-19(21,22)15-14(26)4-7-25-13-3-1-2-12(16(13)23-17(15)25)24-8-5-18(6-9-24)27-10-11-28-18/h1-3,14,23,26H,4-11H2. The van der Waals surface area contributed by atoms with Gasteiger partial charge in [-0.15, -0.1) is 0 Å². The van der Waals surface area contributed by atoms with Crippen molar-refractivity contribution in [3.05, 3.63) is 29.6 Å². The van der Waals surface area contributed by atoms with Gasteiger partial charge < -0.3 is 29.7 Å². The van der Waals surface area contributed by atoms with Crippen LogP contribution in [-0.4, -0.2) is 56.0 Å². The number of ether oxygens (including phenoxy) is 2. The Morgan fingerprint density at radius 1 is 1.07 bits per heavy atom. The van der Waals surface area contributed by atoms with Crippen LogP contribution in [0.5, 0.6) is 0 Å². The summed E-state index contributed by atoms with van der Waals surface area (Å²) in [7, 11) is 0. The van der Waals surface area contributed by atoms with Gasteiger partial charge in [-0.3, -0.25) is 0 Å². The van der Waals surface area contributed by atoms with Crippen molar-refractivity contribution in [2.75, 3.05) is 48.0 Å². The second-order valence-electron chi connectivity index (χ2n) is 7.61. The Hall–Kier alpha value is -1.97. The number of piperidine rings is 1. The number of hydrogen-bond acceptors (Lipinski definition) is 6. The molecule has 4 aliphatic heterocycles. The number of alkyl halides is 3. The predicted molar refractivity (Wildman–Crippen MR) is 97.2 cm³/mol. The van der Waals surface area contributed by atoms with Crippen molar-refractivity contribution in [2.45, 2.75) is 37.3 Å². The average molecular weight is 397 g/mol. The zero-order valence-corrected chi connectivity index (χ0v) is 15.3. The molecule has 9 heteroatoms. The van der Waals surface area contributed by atoms with Crippen LogP contribution in [0.3, 0.4) is 0 Å². The maximum Gasteiger partial charge on any atom is 0.418 e. The lowest BCUT2D eigenvalue weighted by atomic mass is 10.0. The summed E-state index contributed by atoms with van der Waals surface area (Å²) in [6.07, 6.45) is -4.62.